The summed E-state index contributed by atoms with van der Waals surface area (Å²) >= 11 is 7.64. The predicted octanol–water partition coefficient (Wildman–Crippen LogP) is 6.08. The van der Waals surface area contributed by atoms with Crippen molar-refractivity contribution in [3.8, 4) is 11.4 Å². The minimum Gasteiger partial charge on any atom is -0.297 e. The van der Waals surface area contributed by atoms with E-state index in [0.29, 0.717) is 28.7 Å². The lowest BCUT2D eigenvalue weighted by molar-refractivity contribution is 0.626. The van der Waals surface area contributed by atoms with Gasteiger partial charge in [0.05, 0.1) is 12.1 Å². The number of nitrogens with zero attached hydrogens (tertiary/aromatic N) is 3. The van der Waals surface area contributed by atoms with Gasteiger partial charge in [-0.2, -0.15) is 0 Å². The summed E-state index contributed by atoms with van der Waals surface area (Å²) < 4.78 is 16.4. The van der Waals surface area contributed by atoms with E-state index < -0.39 is 0 Å². The zero-order valence-corrected chi connectivity index (χ0v) is 16.5. The van der Waals surface area contributed by atoms with Crippen molar-refractivity contribution in [2.24, 2.45) is 0 Å². The van der Waals surface area contributed by atoms with Gasteiger partial charge in [0.15, 0.2) is 11.0 Å². The van der Waals surface area contributed by atoms with E-state index in [1.165, 1.54) is 6.07 Å². The lowest BCUT2D eigenvalue weighted by Gasteiger charge is -2.11. The van der Waals surface area contributed by atoms with Crippen LogP contribution in [0.25, 0.3) is 11.4 Å². The van der Waals surface area contributed by atoms with Gasteiger partial charge in [-0.15, -0.1) is 10.2 Å². The van der Waals surface area contributed by atoms with Gasteiger partial charge in [0.25, 0.3) is 0 Å². The van der Waals surface area contributed by atoms with E-state index in [4.69, 9.17) is 11.6 Å². The van der Waals surface area contributed by atoms with Gasteiger partial charge in [-0.25, -0.2) is 4.39 Å². The molecule has 4 aromatic rings. The summed E-state index contributed by atoms with van der Waals surface area (Å²) in [6.45, 7) is 0.565. The monoisotopic (exact) mass is 409 g/mol. The second-order valence-electron chi connectivity index (χ2n) is 6.28. The van der Waals surface area contributed by atoms with Gasteiger partial charge in [-0.05, 0) is 35.4 Å². The van der Waals surface area contributed by atoms with Crippen molar-refractivity contribution in [1.82, 2.24) is 14.8 Å². The molecule has 0 spiro atoms. The van der Waals surface area contributed by atoms with Crippen molar-refractivity contribution < 1.29 is 4.39 Å². The molecule has 140 valence electrons. The fraction of sp³-hybridized carbons (Fsp3) is 0.0909. The molecule has 0 aliphatic heterocycles. The Bertz CT molecular complexity index is 1080. The third-order valence-corrected chi connectivity index (χ3v) is 5.55. The van der Waals surface area contributed by atoms with E-state index in [1.807, 2.05) is 59.2 Å². The molecular weight excluding hydrogens is 393 g/mol. The smallest absolute Gasteiger partial charge is 0.192 e. The Kier molecular flexibility index (Phi) is 5.74. The molecule has 1 heterocycles. The minimum atomic E-state index is -0.310. The van der Waals surface area contributed by atoms with Gasteiger partial charge in [0.1, 0.15) is 5.82 Å². The van der Waals surface area contributed by atoms with Crippen LogP contribution in [0.5, 0.6) is 0 Å². The highest BCUT2D eigenvalue weighted by molar-refractivity contribution is 7.98. The van der Waals surface area contributed by atoms with E-state index in [2.05, 4.69) is 10.2 Å². The number of rotatable bonds is 6. The predicted molar refractivity (Wildman–Crippen MR) is 112 cm³/mol. The quantitative estimate of drug-likeness (QED) is 0.361. The first-order valence-electron chi connectivity index (χ1n) is 8.80. The molecule has 3 aromatic carbocycles. The van der Waals surface area contributed by atoms with Crippen LogP contribution in [0.2, 0.25) is 5.02 Å². The van der Waals surface area contributed by atoms with Crippen LogP contribution in [0, 0.1) is 5.82 Å². The van der Waals surface area contributed by atoms with Gasteiger partial charge in [-0.3, -0.25) is 4.57 Å². The summed E-state index contributed by atoms with van der Waals surface area (Å²) in [5, 5.41) is 10.1. The number of benzene rings is 3. The van der Waals surface area contributed by atoms with Crippen LogP contribution in [-0.2, 0) is 12.3 Å². The molecule has 0 bridgehead atoms. The summed E-state index contributed by atoms with van der Waals surface area (Å²) in [6, 6.07) is 24.4. The SMILES string of the molecule is Fc1ccccc1-c1nnc(SCc2cccc(Cl)c2)n1Cc1ccccc1. The number of hydrogen-bond acceptors (Lipinski definition) is 3. The molecule has 6 heteroatoms. The highest BCUT2D eigenvalue weighted by atomic mass is 35.5. The highest BCUT2D eigenvalue weighted by Gasteiger charge is 2.17. The molecule has 0 atom stereocenters. The first kappa shape index (κ1) is 18.7. The molecule has 0 saturated heterocycles. The van der Waals surface area contributed by atoms with Crippen molar-refractivity contribution in [2.45, 2.75) is 17.5 Å². The molecular formula is C22H17ClFN3S. The van der Waals surface area contributed by atoms with Crippen molar-refractivity contribution >= 4 is 23.4 Å². The van der Waals surface area contributed by atoms with Crippen molar-refractivity contribution in [2.75, 3.05) is 0 Å². The largest absolute Gasteiger partial charge is 0.297 e. The molecule has 4 rings (SSSR count). The second kappa shape index (κ2) is 8.59. The summed E-state index contributed by atoms with van der Waals surface area (Å²) in [5.74, 6) is 0.913. The average molecular weight is 410 g/mol. The van der Waals surface area contributed by atoms with E-state index >= 15 is 0 Å². The van der Waals surface area contributed by atoms with Gasteiger partial charge in [0.2, 0.25) is 0 Å². The first-order chi connectivity index (χ1) is 13.7. The highest BCUT2D eigenvalue weighted by Crippen LogP contribution is 2.29. The maximum atomic E-state index is 14.4. The molecule has 0 fully saturated rings. The number of aromatic nitrogens is 3. The van der Waals surface area contributed by atoms with E-state index in [-0.39, 0.29) is 5.82 Å². The topological polar surface area (TPSA) is 30.7 Å². The molecule has 0 N–H and O–H groups in total. The average Bonchev–Trinajstić information content (AvgIpc) is 3.10. The molecule has 0 aliphatic rings. The summed E-state index contributed by atoms with van der Waals surface area (Å²) in [7, 11) is 0. The van der Waals surface area contributed by atoms with E-state index in [1.54, 1.807) is 30.0 Å². The Labute approximate surface area is 172 Å². The van der Waals surface area contributed by atoms with Crippen molar-refractivity contribution in [1.29, 1.82) is 0 Å². The van der Waals surface area contributed by atoms with Gasteiger partial charge in [-0.1, -0.05) is 78.0 Å². The Morgan fingerprint density at radius 1 is 0.857 bits per heavy atom. The van der Waals surface area contributed by atoms with Crippen LogP contribution in [0.4, 0.5) is 4.39 Å². The number of thioether (sulfide) groups is 1. The second-order valence-corrected chi connectivity index (χ2v) is 7.66. The van der Waals surface area contributed by atoms with Crippen molar-refractivity contribution in [3.63, 3.8) is 0 Å². The number of hydrogen-bond donors (Lipinski definition) is 0. The first-order valence-corrected chi connectivity index (χ1v) is 10.2. The Morgan fingerprint density at radius 3 is 2.39 bits per heavy atom. The Balaban J connectivity index is 1.68. The van der Waals surface area contributed by atoms with Crippen LogP contribution in [0.3, 0.4) is 0 Å². The van der Waals surface area contributed by atoms with Gasteiger partial charge < -0.3 is 0 Å². The fourth-order valence-corrected chi connectivity index (χ4v) is 4.01. The Hall–Kier alpha value is -2.63. The van der Waals surface area contributed by atoms with Crippen molar-refractivity contribution in [3.05, 3.63) is 101 Å². The minimum absolute atomic E-state index is 0.310. The zero-order chi connectivity index (χ0) is 19.3. The molecule has 28 heavy (non-hydrogen) atoms. The molecule has 0 saturated carbocycles. The van der Waals surface area contributed by atoms with Crippen LogP contribution < -0.4 is 0 Å². The van der Waals surface area contributed by atoms with Gasteiger partial charge in [0, 0.05) is 10.8 Å². The Morgan fingerprint density at radius 2 is 1.61 bits per heavy atom. The third kappa shape index (κ3) is 4.26. The summed E-state index contributed by atoms with van der Waals surface area (Å²) in [4.78, 5) is 0. The maximum absolute atomic E-state index is 14.4. The number of halogens is 2. The van der Waals surface area contributed by atoms with Gasteiger partial charge >= 0.3 is 0 Å². The molecule has 0 aliphatic carbocycles. The van der Waals surface area contributed by atoms with Crippen LogP contribution in [-0.4, -0.2) is 14.8 Å². The van der Waals surface area contributed by atoms with E-state index in [0.717, 1.165) is 16.3 Å². The maximum Gasteiger partial charge on any atom is 0.192 e. The third-order valence-electron chi connectivity index (χ3n) is 4.27. The fourth-order valence-electron chi connectivity index (χ4n) is 2.92. The molecule has 0 radical (unpaired) electrons. The summed E-state index contributed by atoms with van der Waals surface area (Å²) in [5.41, 5.74) is 2.64. The molecule has 3 nitrogen and oxygen atoms in total. The lowest BCUT2D eigenvalue weighted by Crippen LogP contribution is -2.05. The zero-order valence-electron chi connectivity index (χ0n) is 14.9. The molecule has 0 unspecified atom stereocenters. The van der Waals surface area contributed by atoms with Crippen LogP contribution in [0.15, 0.2) is 84.0 Å². The normalized spacial score (nSPS) is 10.9. The van der Waals surface area contributed by atoms with Crippen LogP contribution >= 0.6 is 23.4 Å². The molecule has 0 amide bonds. The summed E-state index contributed by atoms with van der Waals surface area (Å²) in [6.07, 6.45) is 0. The van der Waals surface area contributed by atoms with E-state index in [9.17, 15) is 4.39 Å². The molecule has 1 aromatic heterocycles. The standard InChI is InChI=1S/C22H17ClFN3S/c23-18-10-6-9-17(13-18)15-28-22-26-25-21(19-11-4-5-12-20(19)24)27(22)14-16-7-2-1-3-8-16/h1-13H,14-15H2. The lowest BCUT2D eigenvalue weighted by atomic mass is 10.2. The van der Waals surface area contributed by atoms with Crippen LogP contribution in [0.1, 0.15) is 11.1 Å².